The highest BCUT2D eigenvalue weighted by molar-refractivity contribution is 6.35. The average Bonchev–Trinajstić information content (AvgIpc) is 2.73. The van der Waals surface area contributed by atoms with Gasteiger partial charge in [-0.1, -0.05) is 41.4 Å². The fraction of sp³-hybridized carbons (Fsp3) is 0. The Morgan fingerprint density at radius 3 is 2.47 bits per heavy atom. The molecular formula is C24H15Cl2NO3. The molecule has 1 N–H and O–H groups in total. The number of hydrogen-bond acceptors (Lipinski definition) is 4. The van der Waals surface area contributed by atoms with Crippen LogP contribution in [-0.4, -0.2) is 5.78 Å². The Kier molecular flexibility index (Phi) is 5.70. The Morgan fingerprint density at radius 1 is 0.933 bits per heavy atom. The minimum atomic E-state index is -0.436. The number of nitrogens with one attached hydrogen (secondary N) is 1. The maximum absolute atomic E-state index is 12.5. The summed E-state index contributed by atoms with van der Waals surface area (Å²) >= 11 is 12.0. The monoisotopic (exact) mass is 435 g/mol. The molecule has 4 aromatic rings. The van der Waals surface area contributed by atoms with Crippen LogP contribution in [0, 0.1) is 0 Å². The molecule has 0 saturated heterocycles. The highest BCUT2D eigenvalue weighted by Gasteiger charge is 2.07. The average molecular weight is 436 g/mol. The van der Waals surface area contributed by atoms with E-state index in [0.29, 0.717) is 32.4 Å². The SMILES string of the molecule is O=C(/C=C/c1ccc(Cl)cc1Cl)c1ccc(Nc2cc(=O)oc3ccccc23)cc1. The van der Waals surface area contributed by atoms with Crippen molar-refractivity contribution >= 4 is 57.4 Å². The van der Waals surface area contributed by atoms with E-state index in [1.807, 2.05) is 12.1 Å². The molecule has 4 nitrogen and oxygen atoms in total. The molecule has 0 radical (unpaired) electrons. The lowest BCUT2D eigenvalue weighted by molar-refractivity contribution is 0.104. The molecule has 0 spiro atoms. The Bertz CT molecular complexity index is 1320. The number of allylic oxidation sites excluding steroid dienone is 1. The van der Waals surface area contributed by atoms with Crippen molar-refractivity contribution < 1.29 is 9.21 Å². The van der Waals surface area contributed by atoms with Gasteiger partial charge in [0.1, 0.15) is 5.58 Å². The van der Waals surface area contributed by atoms with E-state index in [2.05, 4.69) is 5.32 Å². The molecule has 30 heavy (non-hydrogen) atoms. The number of fused-ring (bicyclic) bond motifs is 1. The summed E-state index contributed by atoms with van der Waals surface area (Å²) in [5, 5.41) is 5.01. The summed E-state index contributed by atoms with van der Waals surface area (Å²) < 4.78 is 5.20. The summed E-state index contributed by atoms with van der Waals surface area (Å²) in [6.07, 6.45) is 3.12. The minimum Gasteiger partial charge on any atom is -0.423 e. The van der Waals surface area contributed by atoms with Gasteiger partial charge in [0.15, 0.2) is 5.78 Å². The van der Waals surface area contributed by atoms with Crippen LogP contribution in [0.4, 0.5) is 11.4 Å². The highest BCUT2D eigenvalue weighted by atomic mass is 35.5. The number of carbonyl (C=O) groups is 1. The van der Waals surface area contributed by atoms with E-state index in [0.717, 1.165) is 11.1 Å². The number of ketones is 1. The van der Waals surface area contributed by atoms with Crippen LogP contribution in [0.3, 0.4) is 0 Å². The summed E-state index contributed by atoms with van der Waals surface area (Å²) in [6.45, 7) is 0. The third kappa shape index (κ3) is 4.46. The van der Waals surface area contributed by atoms with Crippen LogP contribution in [0.5, 0.6) is 0 Å². The summed E-state index contributed by atoms with van der Waals surface area (Å²) in [5.41, 5.74) is 2.69. The first-order chi connectivity index (χ1) is 14.5. The van der Waals surface area contributed by atoms with Crippen LogP contribution < -0.4 is 10.9 Å². The number of anilines is 2. The third-order valence-corrected chi connectivity index (χ3v) is 5.04. The molecule has 3 aromatic carbocycles. The molecule has 0 bridgehead atoms. The Balaban J connectivity index is 1.53. The van der Waals surface area contributed by atoms with Gasteiger partial charge in [-0.15, -0.1) is 0 Å². The summed E-state index contributed by atoms with van der Waals surface area (Å²) in [4.78, 5) is 24.2. The van der Waals surface area contributed by atoms with Crippen molar-refractivity contribution in [2.75, 3.05) is 5.32 Å². The zero-order valence-corrected chi connectivity index (χ0v) is 17.1. The van der Waals surface area contributed by atoms with E-state index in [1.165, 1.54) is 12.1 Å². The topological polar surface area (TPSA) is 59.3 Å². The molecule has 0 aliphatic heterocycles. The second-order valence-electron chi connectivity index (χ2n) is 6.54. The van der Waals surface area contributed by atoms with Gasteiger partial charge in [0.2, 0.25) is 0 Å². The van der Waals surface area contributed by atoms with Crippen molar-refractivity contribution in [1.29, 1.82) is 0 Å². The first-order valence-corrected chi connectivity index (χ1v) is 9.83. The van der Waals surface area contributed by atoms with Crippen LogP contribution in [0.1, 0.15) is 15.9 Å². The van der Waals surface area contributed by atoms with Crippen LogP contribution in [0.25, 0.3) is 17.0 Å². The highest BCUT2D eigenvalue weighted by Crippen LogP contribution is 2.25. The summed E-state index contributed by atoms with van der Waals surface area (Å²) in [7, 11) is 0. The first kappa shape index (κ1) is 20.0. The fourth-order valence-corrected chi connectivity index (χ4v) is 3.46. The number of para-hydroxylation sites is 1. The molecule has 1 aromatic heterocycles. The maximum Gasteiger partial charge on any atom is 0.338 e. The normalized spacial score (nSPS) is 11.1. The lowest BCUT2D eigenvalue weighted by Gasteiger charge is -2.09. The molecule has 0 atom stereocenters. The first-order valence-electron chi connectivity index (χ1n) is 9.07. The quantitative estimate of drug-likeness (QED) is 0.214. The fourth-order valence-electron chi connectivity index (χ4n) is 2.99. The Hall–Kier alpha value is -3.34. The molecule has 0 fully saturated rings. The molecule has 4 rings (SSSR count). The van der Waals surface area contributed by atoms with E-state index >= 15 is 0 Å². The van der Waals surface area contributed by atoms with Crippen molar-refractivity contribution in [2.45, 2.75) is 0 Å². The van der Waals surface area contributed by atoms with Gasteiger partial charge in [0.05, 0.1) is 5.69 Å². The Labute approximate surface area is 182 Å². The van der Waals surface area contributed by atoms with E-state index in [9.17, 15) is 9.59 Å². The molecule has 0 aliphatic rings. The van der Waals surface area contributed by atoms with Crippen molar-refractivity contribution in [3.63, 3.8) is 0 Å². The lowest BCUT2D eigenvalue weighted by Crippen LogP contribution is -2.01. The van der Waals surface area contributed by atoms with E-state index in [1.54, 1.807) is 60.7 Å². The number of benzene rings is 3. The molecule has 0 aliphatic carbocycles. The van der Waals surface area contributed by atoms with Crippen LogP contribution in [-0.2, 0) is 0 Å². The zero-order chi connectivity index (χ0) is 21.1. The van der Waals surface area contributed by atoms with Gasteiger partial charge in [-0.05, 0) is 66.2 Å². The van der Waals surface area contributed by atoms with Gasteiger partial charge in [0.25, 0.3) is 0 Å². The molecule has 6 heteroatoms. The molecular weight excluding hydrogens is 421 g/mol. The summed E-state index contributed by atoms with van der Waals surface area (Å²) in [6, 6.07) is 20.8. The van der Waals surface area contributed by atoms with Crippen LogP contribution in [0.2, 0.25) is 10.0 Å². The van der Waals surface area contributed by atoms with Gasteiger partial charge in [-0.25, -0.2) is 4.79 Å². The van der Waals surface area contributed by atoms with Crippen LogP contribution in [0.15, 0.2) is 88.1 Å². The van der Waals surface area contributed by atoms with Gasteiger partial charge in [-0.3, -0.25) is 4.79 Å². The summed E-state index contributed by atoms with van der Waals surface area (Å²) in [5.74, 6) is -0.154. The van der Waals surface area contributed by atoms with Crippen molar-refractivity contribution in [1.82, 2.24) is 0 Å². The predicted octanol–water partition coefficient (Wildman–Crippen LogP) is 6.74. The zero-order valence-electron chi connectivity index (χ0n) is 15.6. The molecule has 148 valence electrons. The van der Waals surface area contributed by atoms with E-state index in [-0.39, 0.29) is 5.78 Å². The minimum absolute atomic E-state index is 0.154. The van der Waals surface area contributed by atoms with Crippen LogP contribution >= 0.6 is 23.2 Å². The number of carbonyl (C=O) groups excluding carboxylic acids is 1. The van der Waals surface area contributed by atoms with Crippen molar-refractivity contribution in [3.05, 3.63) is 110 Å². The van der Waals surface area contributed by atoms with Gasteiger partial charge in [-0.2, -0.15) is 0 Å². The molecule has 0 unspecified atom stereocenters. The van der Waals surface area contributed by atoms with Crippen molar-refractivity contribution in [3.8, 4) is 0 Å². The van der Waals surface area contributed by atoms with E-state index in [4.69, 9.17) is 27.6 Å². The number of rotatable bonds is 5. The smallest absolute Gasteiger partial charge is 0.338 e. The van der Waals surface area contributed by atoms with Gasteiger partial charge in [0, 0.05) is 32.7 Å². The molecule has 0 saturated carbocycles. The predicted molar refractivity (Wildman–Crippen MR) is 122 cm³/mol. The van der Waals surface area contributed by atoms with Crippen molar-refractivity contribution in [2.24, 2.45) is 0 Å². The number of halogens is 2. The third-order valence-electron chi connectivity index (χ3n) is 4.48. The largest absolute Gasteiger partial charge is 0.423 e. The second kappa shape index (κ2) is 8.57. The molecule has 0 amide bonds. The van der Waals surface area contributed by atoms with Gasteiger partial charge >= 0.3 is 5.63 Å². The molecule has 1 heterocycles. The lowest BCUT2D eigenvalue weighted by atomic mass is 10.1. The van der Waals surface area contributed by atoms with Gasteiger partial charge < -0.3 is 9.73 Å². The Morgan fingerprint density at radius 2 is 1.70 bits per heavy atom. The van der Waals surface area contributed by atoms with E-state index < -0.39 is 5.63 Å². The standard InChI is InChI=1S/C24H15Cl2NO3/c25-17-9-5-15(20(26)13-17)8-12-22(28)16-6-10-18(11-7-16)27-21-14-24(29)30-23-4-2-1-3-19(21)23/h1-14,27H/b12-8+. The second-order valence-corrected chi connectivity index (χ2v) is 7.38. The maximum atomic E-state index is 12.5. The number of hydrogen-bond donors (Lipinski definition) is 1.